The predicted molar refractivity (Wildman–Crippen MR) is 128 cm³/mol. The molecule has 2 saturated heterocycles. The molecule has 0 radical (unpaired) electrons. The fourth-order valence-corrected chi connectivity index (χ4v) is 6.44. The molecule has 2 fully saturated rings. The highest BCUT2D eigenvalue weighted by atomic mass is 16.7. The second-order valence-corrected chi connectivity index (χ2v) is 10.2. The topological polar surface area (TPSA) is 94.3 Å². The summed E-state index contributed by atoms with van der Waals surface area (Å²) < 4.78 is 12.6. The van der Waals surface area contributed by atoms with Crippen molar-refractivity contribution in [3.8, 4) is 11.5 Å². The normalized spacial score (nSPS) is 25.2. The molecule has 5 heterocycles. The Balaban J connectivity index is 1.23. The first-order valence-corrected chi connectivity index (χ1v) is 12.5. The molecule has 1 aromatic heterocycles. The molecule has 9 heteroatoms. The number of hydrogen-bond acceptors (Lipinski definition) is 5. The Hall–Kier alpha value is -3.33. The van der Waals surface area contributed by atoms with E-state index in [1.54, 1.807) is 42.2 Å². The second kappa shape index (κ2) is 8.71. The predicted octanol–water partition coefficient (Wildman–Crippen LogP) is 0.842. The lowest BCUT2D eigenvalue weighted by atomic mass is 9.81. The molecule has 1 aromatic carbocycles. The standard InChI is InChI=1S/C26H30N4O5/c1-16(31)28-8-6-20(7-9-28)29-12-17-10-19(14-29)25-21(3-5-24(32)30(25)13-17)27-26(33)18-2-4-22-23(11-18)35-15-34-22/h2-5,11,17,19-20H,6-10,12-15H2,1H3,(H,27,33)/p+1/t17-,19+/m0/s1. The highest BCUT2D eigenvalue weighted by molar-refractivity contribution is 6.05. The molecule has 184 valence electrons. The van der Waals surface area contributed by atoms with Gasteiger partial charge in [0.1, 0.15) is 0 Å². The Bertz CT molecular complexity index is 1230. The molecule has 4 aliphatic rings. The maximum absolute atomic E-state index is 13.1. The second-order valence-electron chi connectivity index (χ2n) is 10.2. The first kappa shape index (κ1) is 22.2. The number of carbonyl (C=O) groups excluding carboxylic acids is 2. The van der Waals surface area contributed by atoms with E-state index in [2.05, 4.69) is 5.32 Å². The van der Waals surface area contributed by atoms with Gasteiger partial charge >= 0.3 is 0 Å². The van der Waals surface area contributed by atoms with Crippen molar-refractivity contribution in [3.05, 3.63) is 51.9 Å². The van der Waals surface area contributed by atoms with E-state index in [4.69, 9.17) is 9.47 Å². The van der Waals surface area contributed by atoms with Gasteiger partial charge in [-0.25, -0.2) is 0 Å². The number of ether oxygens (including phenoxy) is 2. The summed E-state index contributed by atoms with van der Waals surface area (Å²) in [4.78, 5) is 41.2. The third kappa shape index (κ3) is 4.07. The van der Waals surface area contributed by atoms with Crippen LogP contribution in [0.3, 0.4) is 0 Å². The third-order valence-corrected chi connectivity index (χ3v) is 8.13. The average Bonchev–Trinajstić information content (AvgIpc) is 3.33. The quantitative estimate of drug-likeness (QED) is 0.681. The smallest absolute Gasteiger partial charge is 0.255 e. The van der Waals surface area contributed by atoms with Crippen molar-refractivity contribution in [2.45, 2.75) is 44.7 Å². The van der Waals surface area contributed by atoms with Crippen LogP contribution in [0.4, 0.5) is 5.69 Å². The van der Waals surface area contributed by atoms with Gasteiger partial charge < -0.3 is 29.2 Å². The Labute approximate surface area is 203 Å². The number of rotatable bonds is 3. The van der Waals surface area contributed by atoms with Crippen molar-refractivity contribution < 1.29 is 24.0 Å². The molecule has 0 saturated carbocycles. The molecule has 1 unspecified atom stereocenters. The van der Waals surface area contributed by atoms with Gasteiger partial charge in [-0.3, -0.25) is 14.4 Å². The fraction of sp³-hybridized carbons (Fsp3) is 0.500. The Morgan fingerprint density at radius 2 is 1.86 bits per heavy atom. The Kier molecular flexibility index (Phi) is 5.51. The van der Waals surface area contributed by atoms with Gasteiger partial charge in [0.05, 0.1) is 36.4 Å². The molecule has 35 heavy (non-hydrogen) atoms. The SMILES string of the molecule is CC(=O)N1CCC([NH+]2C[C@@H]3C[C@H](C2)c2c(NC(=O)c4ccc5c(c4)OCO5)ccc(=O)n2C3)CC1. The van der Waals surface area contributed by atoms with Crippen LogP contribution in [0.2, 0.25) is 0 Å². The summed E-state index contributed by atoms with van der Waals surface area (Å²) in [6, 6.07) is 8.99. The van der Waals surface area contributed by atoms with E-state index in [0.717, 1.165) is 51.1 Å². The van der Waals surface area contributed by atoms with Crippen molar-refractivity contribution in [2.24, 2.45) is 5.92 Å². The number of piperidine rings is 2. The van der Waals surface area contributed by atoms with Gasteiger partial charge in [-0.15, -0.1) is 0 Å². The summed E-state index contributed by atoms with van der Waals surface area (Å²) in [6.45, 7) is 6.14. The van der Waals surface area contributed by atoms with Gasteiger partial charge in [0.25, 0.3) is 11.5 Å². The van der Waals surface area contributed by atoms with E-state index in [0.29, 0.717) is 41.3 Å². The molecule has 2 aromatic rings. The van der Waals surface area contributed by atoms with Crippen LogP contribution in [-0.2, 0) is 11.3 Å². The lowest BCUT2D eigenvalue weighted by molar-refractivity contribution is -0.937. The van der Waals surface area contributed by atoms with Crippen LogP contribution in [0.1, 0.15) is 48.2 Å². The number of fused-ring (bicyclic) bond motifs is 5. The van der Waals surface area contributed by atoms with Gasteiger partial charge in [-0.1, -0.05) is 0 Å². The largest absolute Gasteiger partial charge is 0.454 e. The molecular formula is C26H31N4O5+. The van der Waals surface area contributed by atoms with Crippen LogP contribution in [0, 0.1) is 5.92 Å². The van der Waals surface area contributed by atoms with Gasteiger partial charge in [0.2, 0.25) is 12.7 Å². The van der Waals surface area contributed by atoms with E-state index >= 15 is 0 Å². The summed E-state index contributed by atoms with van der Waals surface area (Å²) in [6.07, 6.45) is 3.07. The van der Waals surface area contributed by atoms with Crippen LogP contribution in [0.5, 0.6) is 11.5 Å². The van der Waals surface area contributed by atoms with Gasteiger partial charge in [0.15, 0.2) is 11.5 Å². The van der Waals surface area contributed by atoms with Crippen molar-refractivity contribution >= 4 is 17.5 Å². The molecule has 2 bridgehead atoms. The molecule has 2 N–H and O–H groups in total. The monoisotopic (exact) mass is 479 g/mol. The minimum atomic E-state index is -0.233. The van der Waals surface area contributed by atoms with Crippen molar-refractivity contribution in [3.63, 3.8) is 0 Å². The zero-order valence-corrected chi connectivity index (χ0v) is 19.9. The van der Waals surface area contributed by atoms with E-state index in [1.165, 1.54) is 0 Å². The summed E-state index contributed by atoms with van der Waals surface area (Å²) in [5, 5.41) is 3.07. The Morgan fingerprint density at radius 1 is 1.06 bits per heavy atom. The lowest BCUT2D eigenvalue weighted by Gasteiger charge is -2.45. The summed E-state index contributed by atoms with van der Waals surface area (Å²) >= 11 is 0. The molecule has 3 atom stereocenters. The van der Waals surface area contributed by atoms with E-state index in [9.17, 15) is 14.4 Å². The van der Waals surface area contributed by atoms with Crippen molar-refractivity contribution in [1.29, 1.82) is 0 Å². The molecule has 6 rings (SSSR count). The molecule has 4 aliphatic heterocycles. The van der Waals surface area contributed by atoms with Crippen LogP contribution >= 0.6 is 0 Å². The summed E-state index contributed by atoms with van der Waals surface area (Å²) in [5.74, 6) is 1.78. The van der Waals surface area contributed by atoms with E-state index in [1.807, 2.05) is 9.47 Å². The minimum Gasteiger partial charge on any atom is -0.454 e. The van der Waals surface area contributed by atoms with Gasteiger partial charge in [-0.05, 0) is 30.7 Å². The lowest BCUT2D eigenvalue weighted by Crippen LogP contribution is -3.18. The number of aromatic nitrogens is 1. The third-order valence-electron chi connectivity index (χ3n) is 8.13. The number of carbonyl (C=O) groups is 2. The maximum atomic E-state index is 13.1. The number of likely N-dealkylation sites (tertiary alicyclic amines) is 2. The van der Waals surface area contributed by atoms with Crippen LogP contribution in [0.25, 0.3) is 0 Å². The van der Waals surface area contributed by atoms with Gasteiger partial charge in [-0.2, -0.15) is 0 Å². The van der Waals surface area contributed by atoms with Crippen LogP contribution in [0.15, 0.2) is 35.1 Å². The van der Waals surface area contributed by atoms with Crippen molar-refractivity contribution in [2.75, 3.05) is 38.3 Å². The van der Waals surface area contributed by atoms with Crippen molar-refractivity contribution in [1.82, 2.24) is 9.47 Å². The maximum Gasteiger partial charge on any atom is 0.255 e. The zero-order valence-electron chi connectivity index (χ0n) is 19.9. The number of quaternary nitrogens is 1. The summed E-state index contributed by atoms with van der Waals surface area (Å²) in [7, 11) is 0. The number of benzene rings is 1. The first-order valence-electron chi connectivity index (χ1n) is 12.5. The Morgan fingerprint density at radius 3 is 2.66 bits per heavy atom. The first-order chi connectivity index (χ1) is 17.0. The van der Waals surface area contributed by atoms with E-state index < -0.39 is 0 Å². The number of pyridine rings is 1. The molecule has 2 amide bonds. The average molecular weight is 480 g/mol. The highest BCUT2D eigenvalue weighted by Gasteiger charge is 2.42. The van der Waals surface area contributed by atoms with E-state index in [-0.39, 0.29) is 30.1 Å². The summed E-state index contributed by atoms with van der Waals surface area (Å²) in [5.41, 5.74) is 2.14. The molecule has 0 spiro atoms. The molecular weight excluding hydrogens is 448 g/mol. The highest BCUT2D eigenvalue weighted by Crippen LogP contribution is 2.36. The number of amides is 2. The minimum absolute atomic E-state index is 0.00556. The number of hydrogen-bond donors (Lipinski definition) is 2. The fourth-order valence-electron chi connectivity index (χ4n) is 6.44. The number of anilines is 1. The van der Waals surface area contributed by atoms with Crippen LogP contribution < -0.4 is 25.2 Å². The van der Waals surface area contributed by atoms with Gasteiger partial charge in [0, 0.05) is 56.9 Å². The number of nitrogens with one attached hydrogen (secondary N) is 2. The zero-order chi connectivity index (χ0) is 24.1. The number of nitrogens with zero attached hydrogens (tertiary/aromatic N) is 2. The molecule has 0 aliphatic carbocycles. The molecule has 9 nitrogen and oxygen atoms in total. The van der Waals surface area contributed by atoms with Crippen LogP contribution in [-0.4, -0.2) is 60.3 Å².